The number of hydrogen-bond donors (Lipinski definition) is 2. The molecule has 0 fully saturated rings. The standard InChI is InChI=1S/C14H17N3OS/c1-10(2)15-13(18)8-12-9-19-14(17-12)16-11-6-4-3-5-7-11/h3-7,9-10H,8H2,1-2H3,(H,15,18)(H,16,17). The van der Waals surface area contributed by atoms with Gasteiger partial charge in [0.05, 0.1) is 12.1 Å². The highest BCUT2D eigenvalue weighted by Gasteiger charge is 2.08. The molecule has 1 heterocycles. The van der Waals surface area contributed by atoms with Crippen molar-refractivity contribution in [3.63, 3.8) is 0 Å². The summed E-state index contributed by atoms with van der Waals surface area (Å²) in [4.78, 5) is 16.0. The summed E-state index contributed by atoms with van der Waals surface area (Å²) in [6.07, 6.45) is 0.325. The van der Waals surface area contributed by atoms with E-state index in [0.717, 1.165) is 16.5 Å². The monoisotopic (exact) mass is 275 g/mol. The first kappa shape index (κ1) is 13.5. The van der Waals surface area contributed by atoms with Gasteiger partial charge < -0.3 is 10.6 Å². The van der Waals surface area contributed by atoms with Gasteiger partial charge in [0.2, 0.25) is 5.91 Å². The fourth-order valence-corrected chi connectivity index (χ4v) is 2.36. The maximum absolute atomic E-state index is 11.6. The Labute approximate surface area is 116 Å². The van der Waals surface area contributed by atoms with Crippen molar-refractivity contribution in [2.24, 2.45) is 0 Å². The molecule has 0 unspecified atom stereocenters. The van der Waals surface area contributed by atoms with E-state index in [2.05, 4.69) is 15.6 Å². The van der Waals surface area contributed by atoms with Crippen molar-refractivity contribution in [3.8, 4) is 0 Å². The van der Waals surface area contributed by atoms with Crippen LogP contribution in [0.2, 0.25) is 0 Å². The second-order valence-electron chi connectivity index (χ2n) is 4.53. The molecule has 0 spiro atoms. The topological polar surface area (TPSA) is 54.0 Å². The zero-order valence-corrected chi connectivity index (χ0v) is 11.8. The number of para-hydroxylation sites is 1. The Balaban J connectivity index is 1.94. The number of rotatable bonds is 5. The number of nitrogens with zero attached hydrogens (tertiary/aromatic N) is 1. The molecule has 1 aromatic heterocycles. The van der Waals surface area contributed by atoms with Crippen LogP contribution in [-0.2, 0) is 11.2 Å². The molecule has 4 nitrogen and oxygen atoms in total. The predicted molar refractivity (Wildman–Crippen MR) is 78.8 cm³/mol. The summed E-state index contributed by atoms with van der Waals surface area (Å²) in [6, 6.07) is 10.0. The smallest absolute Gasteiger partial charge is 0.226 e. The molecular formula is C14H17N3OS. The Morgan fingerprint density at radius 1 is 1.32 bits per heavy atom. The maximum Gasteiger partial charge on any atom is 0.226 e. The van der Waals surface area contributed by atoms with Crippen molar-refractivity contribution in [2.75, 3.05) is 5.32 Å². The first-order chi connectivity index (χ1) is 9.13. The van der Waals surface area contributed by atoms with Crippen molar-refractivity contribution in [1.29, 1.82) is 0 Å². The van der Waals surface area contributed by atoms with E-state index in [-0.39, 0.29) is 11.9 Å². The van der Waals surface area contributed by atoms with E-state index in [1.165, 1.54) is 11.3 Å². The van der Waals surface area contributed by atoms with Crippen molar-refractivity contribution >= 4 is 28.1 Å². The number of nitrogens with one attached hydrogen (secondary N) is 2. The summed E-state index contributed by atoms with van der Waals surface area (Å²) in [5, 5.41) is 8.78. The second kappa shape index (κ2) is 6.33. The zero-order chi connectivity index (χ0) is 13.7. The van der Waals surface area contributed by atoms with Crippen LogP contribution >= 0.6 is 11.3 Å². The van der Waals surface area contributed by atoms with E-state index in [0.29, 0.717) is 6.42 Å². The van der Waals surface area contributed by atoms with Crippen LogP contribution in [0.5, 0.6) is 0 Å². The molecule has 1 amide bonds. The minimum Gasteiger partial charge on any atom is -0.354 e. The fourth-order valence-electron chi connectivity index (χ4n) is 1.63. The van der Waals surface area contributed by atoms with Crippen LogP contribution in [0.4, 0.5) is 10.8 Å². The fraction of sp³-hybridized carbons (Fsp3) is 0.286. The van der Waals surface area contributed by atoms with Crippen LogP contribution < -0.4 is 10.6 Å². The molecule has 0 atom stereocenters. The highest BCUT2D eigenvalue weighted by atomic mass is 32.1. The summed E-state index contributed by atoms with van der Waals surface area (Å²) < 4.78 is 0. The largest absolute Gasteiger partial charge is 0.354 e. The number of hydrogen-bond acceptors (Lipinski definition) is 4. The molecule has 19 heavy (non-hydrogen) atoms. The van der Waals surface area contributed by atoms with Gasteiger partial charge in [-0.25, -0.2) is 4.98 Å². The summed E-state index contributed by atoms with van der Waals surface area (Å²) in [6.45, 7) is 3.89. The number of benzene rings is 1. The lowest BCUT2D eigenvalue weighted by Crippen LogP contribution is -2.31. The quantitative estimate of drug-likeness (QED) is 0.882. The Morgan fingerprint density at radius 2 is 2.05 bits per heavy atom. The third kappa shape index (κ3) is 4.37. The molecule has 0 aliphatic heterocycles. The molecule has 0 aliphatic carbocycles. The highest BCUT2D eigenvalue weighted by molar-refractivity contribution is 7.13. The lowest BCUT2D eigenvalue weighted by Gasteiger charge is -2.06. The third-order valence-electron chi connectivity index (χ3n) is 2.37. The molecule has 0 aliphatic rings. The number of carbonyl (C=O) groups excluding carboxylic acids is 1. The molecule has 1 aromatic carbocycles. The summed E-state index contributed by atoms with van der Waals surface area (Å²) in [5.74, 6) is 0.00608. The van der Waals surface area contributed by atoms with Crippen molar-refractivity contribution in [3.05, 3.63) is 41.4 Å². The van der Waals surface area contributed by atoms with Gasteiger partial charge in [-0.1, -0.05) is 18.2 Å². The molecular weight excluding hydrogens is 258 g/mol. The maximum atomic E-state index is 11.6. The van der Waals surface area contributed by atoms with Gasteiger partial charge in [0.25, 0.3) is 0 Å². The van der Waals surface area contributed by atoms with Gasteiger partial charge >= 0.3 is 0 Å². The molecule has 0 bridgehead atoms. The number of amides is 1. The highest BCUT2D eigenvalue weighted by Crippen LogP contribution is 2.20. The number of anilines is 2. The summed E-state index contributed by atoms with van der Waals surface area (Å²) in [7, 11) is 0. The van der Waals surface area contributed by atoms with Gasteiger partial charge in [0, 0.05) is 17.1 Å². The molecule has 0 saturated heterocycles. The molecule has 0 saturated carbocycles. The van der Waals surface area contributed by atoms with E-state index in [1.807, 2.05) is 49.6 Å². The zero-order valence-electron chi connectivity index (χ0n) is 11.0. The SMILES string of the molecule is CC(C)NC(=O)Cc1csc(Nc2ccccc2)n1. The average Bonchev–Trinajstić information content (AvgIpc) is 2.76. The lowest BCUT2D eigenvalue weighted by atomic mass is 10.3. The minimum atomic E-state index is 0.00608. The van der Waals surface area contributed by atoms with Crippen molar-refractivity contribution in [1.82, 2.24) is 10.3 Å². The summed E-state index contributed by atoms with van der Waals surface area (Å²) >= 11 is 1.50. The van der Waals surface area contributed by atoms with Gasteiger partial charge in [-0.3, -0.25) is 4.79 Å². The average molecular weight is 275 g/mol. The minimum absolute atomic E-state index is 0.00608. The van der Waals surface area contributed by atoms with Crippen molar-refractivity contribution in [2.45, 2.75) is 26.3 Å². The third-order valence-corrected chi connectivity index (χ3v) is 3.17. The van der Waals surface area contributed by atoms with E-state index in [1.54, 1.807) is 0 Å². The Morgan fingerprint density at radius 3 is 2.74 bits per heavy atom. The normalized spacial score (nSPS) is 10.5. The molecule has 0 radical (unpaired) electrons. The Bertz CT molecular complexity index is 537. The van der Waals surface area contributed by atoms with Crippen molar-refractivity contribution < 1.29 is 4.79 Å². The summed E-state index contributed by atoms with van der Waals surface area (Å²) in [5.41, 5.74) is 1.79. The van der Waals surface area contributed by atoms with Gasteiger partial charge in [-0.15, -0.1) is 11.3 Å². The molecule has 2 aromatic rings. The van der Waals surface area contributed by atoms with E-state index >= 15 is 0 Å². The van der Waals surface area contributed by atoms with E-state index in [4.69, 9.17) is 0 Å². The van der Waals surface area contributed by atoms with Crippen LogP contribution in [-0.4, -0.2) is 16.9 Å². The van der Waals surface area contributed by atoms with Gasteiger partial charge in [0.15, 0.2) is 5.13 Å². The number of thiazole rings is 1. The molecule has 100 valence electrons. The van der Waals surface area contributed by atoms with Crippen LogP contribution in [0.1, 0.15) is 19.5 Å². The Hall–Kier alpha value is -1.88. The van der Waals surface area contributed by atoms with Crippen LogP contribution in [0.15, 0.2) is 35.7 Å². The van der Waals surface area contributed by atoms with Crippen LogP contribution in [0.3, 0.4) is 0 Å². The van der Waals surface area contributed by atoms with E-state index < -0.39 is 0 Å². The van der Waals surface area contributed by atoms with Gasteiger partial charge in [-0.2, -0.15) is 0 Å². The van der Waals surface area contributed by atoms with Crippen LogP contribution in [0.25, 0.3) is 0 Å². The van der Waals surface area contributed by atoms with Gasteiger partial charge in [-0.05, 0) is 26.0 Å². The first-order valence-corrected chi connectivity index (χ1v) is 7.07. The lowest BCUT2D eigenvalue weighted by molar-refractivity contribution is -0.120. The second-order valence-corrected chi connectivity index (χ2v) is 5.39. The predicted octanol–water partition coefficient (Wildman–Crippen LogP) is 2.95. The first-order valence-electron chi connectivity index (χ1n) is 6.19. The van der Waals surface area contributed by atoms with Crippen LogP contribution in [0, 0.1) is 0 Å². The Kier molecular flexibility index (Phi) is 4.52. The molecule has 2 N–H and O–H groups in total. The number of aromatic nitrogens is 1. The molecule has 2 rings (SSSR count). The molecule has 5 heteroatoms. The number of carbonyl (C=O) groups is 1. The van der Waals surface area contributed by atoms with Gasteiger partial charge in [0.1, 0.15) is 0 Å². The van der Waals surface area contributed by atoms with E-state index in [9.17, 15) is 4.79 Å².